The third-order valence-corrected chi connectivity index (χ3v) is 9.58. The van der Waals surface area contributed by atoms with E-state index in [-0.39, 0.29) is 37.1 Å². The minimum absolute atomic E-state index is 0.163. The lowest BCUT2D eigenvalue weighted by molar-refractivity contribution is 0.466. The molecule has 0 aliphatic heterocycles. The lowest BCUT2D eigenvalue weighted by atomic mass is 10.0. The van der Waals surface area contributed by atoms with Crippen LogP contribution in [-0.4, -0.2) is 60.3 Å². The molecule has 1 N–H and O–H groups in total. The Balaban J connectivity index is 2.59. The zero-order valence-corrected chi connectivity index (χ0v) is 19.3. The summed E-state index contributed by atoms with van der Waals surface area (Å²) in [5, 5.41) is 0.444. The van der Waals surface area contributed by atoms with Crippen LogP contribution in [-0.2, 0) is 46.7 Å². The van der Waals surface area contributed by atoms with E-state index in [0.717, 1.165) is 6.07 Å². The average molecular weight is 502 g/mol. The van der Waals surface area contributed by atoms with Crippen molar-refractivity contribution in [3.05, 3.63) is 35.9 Å². The number of aryl methyl sites for hydroxylation is 1. The van der Waals surface area contributed by atoms with Gasteiger partial charge in [0.1, 0.15) is 5.75 Å². The fraction of sp³-hybridized carbons (Fsp3) is 0.333. The first kappa shape index (κ1) is 24.5. The highest BCUT2D eigenvalue weighted by Gasteiger charge is 2.33. The summed E-state index contributed by atoms with van der Waals surface area (Å²) in [4.78, 5) is -0.349. The van der Waals surface area contributed by atoms with Crippen LogP contribution in [0.25, 0.3) is 10.8 Å². The molecule has 0 saturated heterocycles. The van der Waals surface area contributed by atoms with Crippen LogP contribution < -0.4 is 4.18 Å². The van der Waals surface area contributed by atoms with Crippen LogP contribution in [0.3, 0.4) is 0 Å². The maximum absolute atomic E-state index is 12.4. The summed E-state index contributed by atoms with van der Waals surface area (Å²) in [5.41, 5.74) is 0.215. The quantitative estimate of drug-likeness (QED) is 0.398. The zero-order valence-electron chi connectivity index (χ0n) is 16.0. The van der Waals surface area contributed by atoms with E-state index in [4.69, 9.17) is 4.18 Å². The molecular formula is C15H19NO10S4. The van der Waals surface area contributed by atoms with Crippen LogP contribution in [0.5, 0.6) is 5.75 Å². The van der Waals surface area contributed by atoms with Crippen molar-refractivity contribution < 1.29 is 42.4 Å². The molecule has 0 amide bonds. The van der Waals surface area contributed by atoms with Crippen molar-refractivity contribution in [2.24, 2.45) is 0 Å². The SMILES string of the molecule is CCc1c(S(=O)(=O)O)ccc2c(OS(=O)(=O)CN(S(C)(=O)=O)S(C)(=O)=O)cccc12. The highest BCUT2D eigenvalue weighted by atomic mass is 32.3. The van der Waals surface area contributed by atoms with Crippen LogP contribution in [0.1, 0.15) is 12.5 Å². The Labute approximate surface area is 175 Å². The molecule has 0 radical (unpaired) electrons. The van der Waals surface area contributed by atoms with Gasteiger partial charge >= 0.3 is 10.1 Å². The van der Waals surface area contributed by atoms with Gasteiger partial charge in [0.15, 0.2) is 5.88 Å². The highest BCUT2D eigenvalue weighted by molar-refractivity contribution is 8.04. The molecule has 168 valence electrons. The van der Waals surface area contributed by atoms with Crippen LogP contribution >= 0.6 is 0 Å². The van der Waals surface area contributed by atoms with E-state index in [1.165, 1.54) is 24.3 Å². The average Bonchev–Trinajstić information content (AvgIpc) is 2.56. The maximum Gasteiger partial charge on any atom is 0.324 e. The number of rotatable bonds is 8. The van der Waals surface area contributed by atoms with Gasteiger partial charge in [-0.3, -0.25) is 4.55 Å². The van der Waals surface area contributed by atoms with Crippen molar-refractivity contribution in [1.29, 1.82) is 0 Å². The predicted molar refractivity (Wildman–Crippen MR) is 109 cm³/mol. The molecule has 0 bridgehead atoms. The third kappa shape index (κ3) is 5.47. The molecule has 0 heterocycles. The number of fused-ring (bicyclic) bond motifs is 1. The molecule has 0 unspecified atom stereocenters. The summed E-state index contributed by atoms with van der Waals surface area (Å²) in [6.07, 6.45) is 1.25. The van der Waals surface area contributed by atoms with Gasteiger partial charge in [0.05, 0.1) is 17.4 Å². The Bertz CT molecular complexity index is 1380. The van der Waals surface area contributed by atoms with E-state index < -0.39 is 46.2 Å². The van der Waals surface area contributed by atoms with Gasteiger partial charge in [-0.1, -0.05) is 22.8 Å². The van der Waals surface area contributed by atoms with Crippen molar-refractivity contribution in [2.45, 2.75) is 18.2 Å². The van der Waals surface area contributed by atoms with Gasteiger partial charge in [-0.2, -0.15) is 16.8 Å². The van der Waals surface area contributed by atoms with Gasteiger partial charge in [0, 0.05) is 5.39 Å². The highest BCUT2D eigenvalue weighted by Crippen LogP contribution is 2.33. The zero-order chi connectivity index (χ0) is 23.1. The smallest absolute Gasteiger partial charge is 0.324 e. The molecule has 0 aliphatic carbocycles. The molecule has 0 saturated carbocycles. The molecule has 2 aromatic rings. The van der Waals surface area contributed by atoms with Gasteiger partial charge in [-0.15, -0.1) is 0 Å². The van der Waals surface area contributed by atoms with Crippen LogP contribution in [0.4, 0.5) is 0 Å². The fourth-order valence-electron chi connectivity index (χ4n) is 2.78. The largest absolute Gasteiger partial charge is 0.381 e. The fourth-order valence-corrected chi connectivity index (χ4v) is 8.59. The first-order valence-electron chi connectivity index (χ1n) is 8.09. The van der Waals surface area contributed by atoms with Gasteiger partial charge in [-0.05, 0) is 35.6 Å². The topological polar surface area (TPSA) is 169 Å². The molecular weight excluding hydrogens is 482 g/mol. The van der Waals surface area contributed by atoms with Crippen molar-refractivity contribution in [3.8, 4) is 5.75 Å². The van der Waals surface area contributed by atoms with Gasteiger partial charge < -0.3 is 4.18 Å². The minimum atomic E-state index is -4.75. The second-order valence-corrected chi connectivity index (χ2v) is 13.3. The standard InChI is InChI=1S/C15H19NO10S4/c1-4-11-12-6-5-7-14(13(12)8-9-15(11)30(23,24)25)26-29(21,22)10-16(27(2,17)18)28(3,19)20/h5-9H,4,10H2,1-3H3,(H,23,24,25). The lowest BCUT2D eigenvalue weighted by Crippen LogP contribution is -2.40. The van der Waals surface area contributed by atoms with Gasteiger partial charge in [0.25, 0.3) is 10.1 Å². The van der Waals surface area contributed by atoms with E-state index in [1.54, 1.807) is 6.92 Å². The Morgan fingerprint density at radius 1 is 0.867 bits per heavy atom. The lowest BCUT2D eigenvalue weighted by Gasteiger charge is -2.18. The van der Waals surface area contributed by atoms with Crippen molar-refractivity contribution >= 4 is 51.1 Å². The van der Waals surface area contributed by atoms with Crippen molar-refractivity contribution in [2.75, 3.05) is 18.4 Å². The van der Waals surface area contributed by atoms with Crippen LogP contribution in [0, 0.1) is 0 Å². The van der Waals surface area contributed by atoms with E-state index in [1.807, 2.05) is 0 Å². The molecule has 0 aliphatic rings. The molecule has 15 heteroatoms. The Morgan fingerprint density at radius 3 is 1.90 bits per heavy atom. The second kappa shape index (κ2) is 8.05. The number of hydrogen-bond donors (Lipinski definition) is 1. The molecule has 0 spiro atoms. The van der Waals surface area contributed by atoms with E-state index >= 15 is 0 Å². The first-order valence-corrected chi connectivity index (χ1v) is 14.8. The third-order valence-electron chi connectivity index (χ3n) is 3.94. The Kier molecular flexibility index (Phi) is 6.57. The Hall–Kier alpha value is -1.78. The number of benzene rings is 2. The van der Waals surface area contributed by atoms with E-state index in [2.05, 4.69) is 0 Å². The van der Waals surface area contributed by atoms with Gasteiger partial charge in [0.2, 0.25) is 20.0 Å². The summed E-state index contributed by atoms with van der Waals surface area (Å²) in [6.45, 7) is 1.63. The van der Waals surface area contributed by atoms with Gasteiger partial charge in [-0.25, -0.2) is 16.8 Å². The number of sulfonamides is 2. The monoisotopic (exact) mass is 501 g/mol. The molecule has 11 nitrogen and oxygen atoms in total. The molecule has 2 aromatic carbocycles. The summed E-state index contributed by atoms with van der Waals surface area (Å²) < 4.78 is 109. The van der Waals surface area contributed by atoms with E-state index in [0.29, 0.717) is 12.5 Å². The number of nitrogens with zero attached hydrogens (tertiary/aromatic N) is 1. The summed E-state index contributed by atoms with van der Waals surface area (Å²) >= 11 is 0. The van der Waals surface area contributed by atoms with Crippen LogP contribution in [0.15, 0.2) is 35.2 Å². The summed E-state index contributed by atoms with van der Waals surface area (Å²) in [7, 11) is -18.1. The maximum atomic E-state index is 12.4. The van der Waals surface area contributed by atoms with Crippen molar-refractivity contribution in [3.63, 3.8) is 0 Å². The predicted octanol–water partition coefficient (Wildman–Crippen LogP) is 0.536. The summed E-state index contributed by atoms with van der Waals surface area (Å²) in [6, 6.07) is 6.38. The minimum Gasteiger partial charge on any atom is -0.381 e. The van der Waals surface area contributed by atoms with E-state index in [9.17, 15) is 38.2 Å². The molecule has 0 aromatic heterocycles. The normalized spacial score (nSPS) is 13.6. The summed E-state index contributed by atoms with van der Waals surface area (Å²) in [5.74, 6) is -1.75. The van der Waals surface area contributed by atoms with Crippen LogP contribution in [0.2, 0.25) is 0 Å². The molecule has 30 heavy (non-hydrogen) atoms. The Morgan fingerprint density at radius 2 is 1.43 bits per heavy atom. The first-order chi connectivity index (χ1) is 13.5. The molecule has 0 fully saturated rings. The van der Waals surface area contributed by atoms with Crippen molar-refractivity contribution in [1.82, 2.24) is 3.71 Å². The molecule has 2 rings (SSSR count). The molecule has 0 atom stereocenters. The number of hydrogen-bond acceptors (Lipinski definition) is 9. The second-order valence-electron chi connectivity index (χ2n) is 6.29.